The second-order valence-electron chi connectivity index (χ2n) is 3.41. The Morgan fingerprint density at radius 1 is 1.38 bits per heavy atom. The standard InChI is InChI=1S/C13H17NOS/c1-3-14-11(2)13(9-15)16-10-12-7-5-4-6-8-12/h4-9,14H,3,10H2,1-2H3/b13-11-. The minimum atomic E-state index is 0.783. The van der Waals surface area contributed by atoms with Crippen LogP contribution in [0.5, 0.6) is 0 Å². The molecule has 0 amide bonds. The molecular weight excluding hydrogens is 218 g/mol. The van der Waals surface area contributed by atoms with Crippen LogP contribution in [0.3, 0.4) is 0 Å². The van der Waals surface area contributed by atoms with Crippen LogP contribution in [0, 0.1) is 0 Å². The van der Waals surface area contributed by atoms with E-state index in [2.05, 4.69) is 17.4 Å². The molecule has 0 radical (unpaired) electrons. The van der Waals surface area contributed by atoms with Crippen LogP contribution in [0.2, 0.25) is 0 Å². The van der Waals surface area contributed by atoms with Crippen LogP contribution in [0.1, 0.15) is 19.4 Å². The molecule has 0 saturated heterocycles. The maximum Gasteiger partial charge on any atom is 0.158 e. The summed E-state index contributed by atoms with van der Waals surface area (Å²) in [6.45, 7) is 4.80. The summed E-state index contributed by atoms with van der Waals surface area (Å²) >= 11 is 1.57. The van der Waals surface area contributed by atoms with Crippen LogP contribution in [0.4, 0.5) is 0 Å². The van der Waals surface area contributed by atoms with E-state index in [1.165, 1.54) is 5.56 Å². The highest BCUT2D eigenvalue weighted by Gasteiger charge is 2.02. The van der Waals surface area contributed by atoms with Crippen molar-refractivity contribution in [2.24, 2.45) is 0 Å². The summed E-state index contributed by atoms with van der Waals surface area (Å²) in [6.07, 6.45) is 0.922. The first kappa shape index (κ1) is 12.8. The molecule has 0 bridgehead atoms. The molecule has 0 saturated carbocycles. The Morgan fingerprint density at radius 2 is 2.06 bits per heavy atom. The molecule has 0 atom stereocenters. The monoisotopic (exact) mass is 235 g/mol. The lowest BCUT2D eigenvalue weighted by atomic mass is 10.2. The fraction of sp³-hybridized carbons (Fsp3) is 0.308. The van der Waals surface area contributed by atoms with Crippen molar-refractivity contribution in [1.82, 2.24) is 5.32 Å². The van der Waals surface area contributed by atoms with Crippen LogP contribution < -0.4 is 5.32 Å². The smallest absolute Gasteiger partial charge is 0.158 e. The minimum Gasteiger partial charge on any atom is -0.388 e. The van der Waals surface area contributed by atoms with E-state index in [0.717, 1.165) is 29.2 Å². The first-order chi connectivity index (χ1) is 7.77. The number of hydrogen-bond donors (Lipinski definition) is 1. The highest BCUT2D eigenvalue weighted by atomic mass is 32.2. The second kappa shape index (κ2) is 7.12. The second-order valence-corrected chi connectivity index (χ2v) is 4.43. The molecule has 3 heteroatoms. The predicted octanol–water partition coefficient (Wildman–Crippen LogP) is 2.96. The zero-order valence-electron chi connectivity index (χ0n) is 9.69. The lowest BCUT2D eigenvalue weighted by molar-refractivity contribution is -0.104. The van der Waals surface area contributed by atoms with E-state index in [9.17, 15) is 4.79 Å². The van der Waals surface area contributed by atoms with Crippen molar-refractivity contribution in [1.29, 1.82) is 0 Å². The summed E-state index contributed by atoms with van der Waals surface area (Å²) in [5, 5.41) is 3.16. The number of allylic oxidation sites excluding steroid dienone is 2. The molecule has 0 spiro atoms. The Morgan fingerprint density at radius 3 is 2.62 bits per heavy atom. The number of rotatable bonds is 6. The molecule has 1 rings (SSSR count). The highest BCUT2D eigenvalue weighted by Crippen LogP contribution is 2.21. The molecule has 1 aromatic rings. The van der Waals surface area contributed by atoms with E-state index in [4.69, 9.17) is 0 Å². The van der Waals surface area contributed by atoms with Crippen molar-refractivity contribution in [3.8, 4) is 0 Å². The number of benzene rings is 1. The van der Waals surface area contributed by atoms with Crippen LogP contribution in [0.25, 0.3) is 0 Å². The minimum absolute atomic E-state index is 0.783. The number of thioether (sulfide) groups is 1. The molecule has 0 unspecified atom stereocenters. The summed E-state index contributed by atoms with van der Waals surface area (Å²) in [4.78, 5) is 11.7. The van der Waals surface area contributed by atoms with Gasteiger partial charge in [-0.2, -0.15) is 0 Å². The number of aldehydes is 1. The Kier molecular flexibility index (Phi) is 5.72. The van der Waals surface area contributed by atoms with Gasteiger partial charge in [0.1, 0.15) is 0 Å². The molecule has 0 heterocycles. The quantitative estimate of drug-likeness (QED) is 0.607. The first-order valence-electron chi connectivity index (χ1n) is 5.34. The molecule has 0 fully saturated rings. The van der Waals surface area contributed by atoms with Gasteiger partial charge < -0.3 is 5.32 Å². The third kappa shape index (κ3) is 4.11. The third-order valence-electron chi connectivity index (χ3n) is 2.16. The molecule has 0 aliphatic carbocycles. The highest BCUT2D eigenvalue weighted by molar-refractivity contribution is 8.03. The van der Waals surface area contributed by atoms with Gasteiger partial charge in [-0.1, -0.05) is 30.3 Å². The fourth-order valence-corrected chi connectivity index (χ4v) is 2.19. The summed E-state index contributed by atoms with van der Waals surface area (Å²) < 4.78 is 0. The Hall–Kier alpha value is -1.22. The average Bonchev–Trinajstić information content (AvgIpc) is 2.31. The van der Waals surface area contributed by atoms with E-state index in [0.29, 0.717) is 0 Å². The summed E-state index contributed by atoms with van der Waals surface area (Å²) in [5.41, 5.74) is 2.19. The van der Waals surface area contributed by atoms with E-state index < -0.39 is 0 Å². The molecular formula is C13H17NOS. The number of nitrogens with one attached hydrogen (secondary N) is 1. The van der Waals surface area contributed by atoms with E-state index in [-0.39, 0.29) is 0 Å². The Labute approximate surface area is 101 Å². The van der Waals surface area contributed by atoms with E-state index >= 15 is 0 Å². The van der Waals surface area contributed by atoms with Crippen LogP contribution in [0.15, 0.2) is 40.9 Å². The van der Waals surface area contributed by atoms with Gasteiger partial charge >= 0.3 is 0 Å². The van der Waals surface area contributed by atoms with Crippen molar-refractivity contribution in [3.63, 3.8) is 0 Å². The van der Waals surface area contributed by atoms with Gasteiger partial charge in [-0.3, -0.25) is 4.79 Å². The van der Waals surface area contributed by atoms with Gasteiger partial charge in [0.25, 0.3) is 0 Å². The van der Waals surface area contributed by atoms with Gasteiger partial charge in [-0.15, -0.1) is 11.8 Å². The zero-order valence-corrected chi connectivity index (χ0v) is 10.5. The van der Waals surface area contributed by atoms with Gasteiger partial charge in [0.05, 0.1) is 4.91 Å². The number of carbonyl (C=O) groups excluding carboxylic acids is 1. The molecule has 16 heavy (non-hydrogen) atoms. The van der Waals surface area contributed by atoms with Crippen molar-refractivity contribution < 1.29 is 4.79 Å². The normalized spacial score (nSPS) is 11.9. The van der Waals surface area contributed by atoms with Crippen LogP contribution in [-0.2, 0) is 10.5 Å². The van der Waals surface area contributed by atoms with Gasteiger partial charge in [-0.25, -0.2) is 0 Å². The van der Waals surface area contributed by atoms with Gasteiger partial charge in [-0.05, 0) is 19.4 Å². The lowest BCUT2D eigenvalue weighted by Gasteiger charge is -2.07. The molecule has 0 aromatic heterocycles. The molecule has 1 aromatic carbocycles. The largest absolute Gasteiger partial charge is 0.388 e. The number of hydrogen-bond acceptors (Lipinski definition) is 3. The molecule has 0 aliphatic rings. The fourth-order valence-electron chi connectivity index (χ4n) is 1.32. The van der Waals surface area contributed by atoms with E-state index in [1.54, 1.807) is 11.8 Å². The van der Waals surface area contributed by atoms with E-state index in [1.807, 2.05) is 32.0 Å². The van der Waals surface area contributed by atoms with Crippen molar-refractivity contribution in [2.75, 3.05) is 6.54 Å². The Bertz CT molecular complexity index is 359. The maximum absolute atomic E-state index is 10.9. The predicted molar refractivity (Wildman–Crippen MR) is 70.2 cm³/mol. The lowest BCUT2D eigenvalue weighted by Crippen LogP contribution is -2.11. The third-order valence-corrected chi connectivity index (χ3v) is 3.35. The van der Waals surface area contributed by atoms with Crippen molar-refractivity contribution in [3.05, 3.63) is 46.5 Å². The Balaban J connectivity index is 2.59. The zero-order chi connectivity index (χ0) is 11.8. The topological polar surface area (TPSA) is 29.1 Å². The molecule has 1 N–H and O–H groups in total. The molecule has 2 nitrogen and oxygen atoms in total. The van der Waals surface area contributed by atoms with Crippen molar-refractivity contribution >= 4 is 18.0 Å². The summed E-state index contributed by atoms with van der Waals surface area (Å²) in [6, 6.07) is 10.2. The molecule has 86 valence electrons. The van der Waals surface area contributed by atoms with Gasteiger partial charge in [0, 0.05) is 18.0 Å². The summed E-state index contributed by atoms with van der Waals surface area (Å²) in [7, 11) is 0. The van der Waals surface area contributed by atoms with Crippen LogP contribution in [-0.4, -0.2) is 12.8 Å². The SMILES string of the molecule is CCN/C(C)=C(/C=O)SCc1ccccc1. The summed E-state index contributed by atoms with van der Waals surface area (Å²) in [5.74, 6) is 0.831. The van der Waals surface area contributed by atoms with Gasteiger partial charge in [0.2, 0.25) is 0 Å². The average molecular weight is 235 g/mol. The van der Waals surface area contributed by atoms with Crippen molar-refractivity contribution in [2.45, 2.75) is 19.6 Å². The number of carbonyl (C=O) groups is 1. The molecule has 0 aliphatic heterocycles. The van der Waals surface area contributed by atoms with Crippen LogP contribution >= 0.6 is 11.8 Å². The van der Waals surface area contributed by atoms with Gasteiger partial charge in [0.15, 0.2) is 6.29 Å². The maximum atomic E-state index is 10.9. The first-order valence-corrected chi connectivity index (χ1v) is 6.33.